The number of amides is 2. The minimum atomic E-state index is -4.94. The summed E-state index contributed by atoms with van der Waals surface area (Å²) in [7, 11) is 2.49. The van der Waals surface area contributed by atoms with E-state index in [2.05, 4.69) is 30.7 Å². The highest BCUT2D eigenvalue weighted by Gasteiger charge is 2.41. The fraction of sp³-hybridized carbons (Fsp3) is 0.200. The van der Waals surface area contributed by atoms with E-state index in [0.29, 0.717) is 4.68 Å². The van der Waals surface area contributed by atoms with Crippen molar-refractivity contribution in [3.63, 3.8) is 0 Å². The van der Waals surface area contributed by atoms with Crippen LogP contribution in [0.1, 0.15) is 26.4 Å². The molecule has 0 saturated carbocycles. The highest BCUT2D eigenvalue weighted by molar-refractivity contribution is 6.05. The van der Waals surface area contributed by atoms with Crippen LogP contribution in [0.4, 0.5) is 18.9 Å². The monoisotopic (exact) mass is 478 g/mol. The Kier molecular flexibility index (Phi) is 7.09. The summed E-state index contributed by atoms with van der Waals surface area (Å²) in [5, 5.41) is 15.6. The number of hydrogen-bond acceptors (Lipinski definition) is 8. The van der Waals surface area contributed by atoms with Crippen LogP contribution < -0.4 is 15.4 Å². The third kappa shape index (κ3) is 5.46. The Morgan fingerprint density at radius 2 is 1.71 bits per heavy atom. The zero-order valence-corrected chi connectivity index (χ0v) is 17.7. The molecule has 3 aromatic rings. The number of anilines is 1. The molecule has 14 heteroatoms. The summed E-state index contributed by atoms with van der Waals surface area (Å²) in [6, 6.07) is 7.79. The molecule has 0 atom stereocenters. The molecule has 2 N–H and O–H groups in total. The van der Waals surface area contributed by atoms with Crippen LogP contribution >= 0.6 is 0 Å². The quantitative estimate of drug-likeness (QED) is 0.491. The second-order valence-corrected chi connectivity index (χ2v) is 6.54. The van der Waals surface area contributed by atoms with Gasteiger partial charge >= 0.3 is 12.1 Å². The SMILES string of the molecule is COC(=O)CNC(=O)c1ccc(NC(=O)c2cnn(-c3ccc(OC)nn3)c2C(F)(F)F)cc1. The van der Waals surface area contributed by atoms with Gasteiger partial charge in [-0.2, -0.15) is 18.3 Å². The van der Waals surface area contributed by atoms with Crippen LogP contribution in [0.3, 0.4) is 0 Å². The molecule has 0 radical (unpaired) electrons. The van der Waals surface area contributed by atoms with E-state index in [1.54, 1.807) is 0 Å². The lowest BCUT2D eigenvalue weighted by atomic mass is 10.1. The molecule has 1 aromatic carbocycles. The Balaban J connectivity index is 1.80. The molecule has 0 fully saturated rings. The first kappa shape index (κ1) is 24.2. The molecule has 11 nitrogen and oxygen atoms in total. The van der Waals surface area contributed by atoms with Crippen LogP contribution in [-0.4, -0.2) is 58.5 Å². The zero-order chi connectivity index (χ0) is 24.9. The van der Waals surface area contributed by atoms with Crippen LogP contribution in [-0.2, 0) is 15.7 Å². The molecule has 2 heterocycles. The average molecular weight is 478 g/mol. The molecule has 0 aliphatic rings. The lowest BCUT2D eigenvalue weighted by Gasteiger charge is -2.12. The second kappa shape index (κ2) is 9.97. The molecule has 0 aliphatic heterocycles. The fourth-order valence-electron chi connectivity index (χ4n) is 2.73. The summed E-state index contributed by atoms with van der Waals surface area (Å²) >= 11 is 0. The predicted octanol–water partition coefficient (Wildman–Crippen LogP) is 1.84. The van der Waals surface area contributed by atoms with Crippen molar-refractivity contribution in [2.24, 2.45) is 0 Å². The van der Waals surface area contributed by atoms with Gasteiger partial charge in [-0.15, -0.1) is 10.2 Å². The van der Waals surface area contributed by atoms with Crippen LogP contribution in [0, 0.1) is 0 Å². The van der Waals surface area contributed by atoms with E-state index in [0.717, 1.165) is 6.20 Å². The number of aromatic nitrogens is 4. The molecular weight excluding hydrogens is 461 g/mol. The largest absolute Gasteiger partial charge is 0.480 e. The molecule has 0 aliphatic carbocycles. The third-order valence-corrected chi connectivity index (χ3v) is 4.36. The Bertz CT molecular complexity index is 1190. The van der Waals surface area contributed by atoms with Crippen LogP contribution in [0.25, 0.3) is 5.82 Å². The van der Waals surface area contributed by atoms with Crippen molar-refractivity contribution in [2.45, 2.75) is 6.18 Å². The van der Waals surface area contributed by atoms with Gasteiger partial charge in [0.25, 0.3) is 11.8 Å². The molecule has 3 rings (SSSR count). The van der Waals surface area contributed by atoms with Crippen molar-refractivity contribution in [1.82, 2.24) is 25.3 Å². The van der Waals surface area contributed by atoms with Crippen molar-refractivity contribution in [3.8, 4) is 11.7 Å². The van der Waals surface area contributed by atoms with Gasteiger partial charge in [0.2, 0.25) is 5.88 Å². The summed E-state index contributed by atoms with van der Waals surface area (Å²) in [5.74, 6) is -2.48. The number of esters is 1. The molecule has 34 heavy (non-hydrogen) atoms. The van der Waals surface area contributed by atoms with Gasteiger partial charge < -0.3 is 20.1 Å². The van der Waals surface area contributed by atoms with Crippen LogP contribution in [0.2, 0.25) is 0 Å². The number of halogens is 3. The summed E-state index contributed by atoms with van der Waals surface area (Å²) in [6.45, 7) is -0.337. The van der Waals surface area contributed by atoms with Gasteiger partial charge in [-0.1, -0.05) is 0 Å². The first-order valence-corrected chi connectivity index (χ1v) is 9.43. The number of rotatable bonds is 7. The first-order chi connectivity index (χ1) is 16.1. The van der Waals surface area contributed by atoms with E-state index in [1.807, 2.05) is 0 Å². The average Bonchev–Trinajstić information content (AvgIpc) is 3.29. The topological polar surface area (TPSA) is 137 Å². The molecule has 2 amide bonds. The first-order valence-electron chi connectivity index (χ1n) is 9.43. The van der Waals surface area contributed by atoms with Gasteiger partial charge in [0.05, 0.1) is 26.0 Å². The van der Waals surface area contributed by atoms with Crippen LogP contribution in [0.5, 0.6) is 5.88 Å². The predicted molar refractivity (Wildman–Crippen MR) is 109 cm³/mol. The number of carbonyl (C=O) groups excluding carboxylic acids is 3. The smallest absolute Gasteiger partial charge is 0.434 e. The molecule has 0 bridgehead atoms. The Labute approximate surface area is 189 Å². The van der Waals surface area contributed by atoms with E-state index < -0.39 is 35.2 Å². The Morgan fingerprint density at radius 1 is 1.00 bits per heavy atom. The van der Waals surface area contributed by atoms with Crippen molar-refractivity contribution >= 4 is 23.5 Å². The Morgan fingerprint density at radius 3 is 2.26 bits per heavy atom. The van der Waals surface area contributed by atoms with Gasteiger partial charge in [-0.25, -0.2) is 4.68 Å². The molecule has 178 valence electrons. The van der Waals surface area contributed by atoms with Gasteiger partial charge in [0.15, 0.2) is 11.5 Å². The van der Waals surface area contributed by atoms with Crippen molar-refractivity contribution in [2.75, 3.05) is 26.1 Å². The van der Waals surface area contributed by atoms with E-state index >= 15 is 0 Å². The molecular formula is C20H17F3N6O5. The lowest BCUT2D eigenvalue weighted by molar-refractivity contribution is -0.143. The molecule has 0 saturated heterocycles. The third-order valence-electron chi connectivity index (χ3n) is 4.36. The number of methoxy groups -OCH3 is 2. The van der Waals surface area contributed by atoms with Gasteiger partial charge in [0.1, 0.15) is 6.54 Å². The van der Waals surface area contributed by atoms with Gasteiger partial charge in [-0.3, -0.25) is 14.4 Å². The summed E-state index contributed by atoms with van der Waals surface area (Å²) in [6.07, 6.45) is -4.18. The van der Waals surface area contributed by atoms with Gasteiger partial charge in [0, 0.05) is 17.3 Å². The maximum Gasteiger partial charge on any atom is 0.434 e. The zero-order valence-electron chi connectivity index (χ0n) is 17.7. The molecule has 0 spiro atoms. The number of benzene rings is 1. The maximum absolute atomic E-state index is 13.8. The van der Waals surface area contributed by atoms with E-state index in [1.165, 1.54) is 50.6 Å². The number of ether oxygens (including phenoxy) is 2. The molecule has 2 aromatic heterocycles. The van der Waals surface area contributed by atoms with Crippen LogP contribution in [0.15, 0.2) is 42.6 Å². The van der Waals surface area contributed by atoms with Crippen molar-refractivity contribution in [1.29, 1.82) is 0 Å². The number of alkyl halides is 3. The van der Waals surface area contributed by atoms with E-state index in [-0.39, 0.29) is 29.5 Å². The number of nitrogens with zero attached hydrogens (tertiary/aromatic N) is 4. The highest BCUT2D eigenvalue weighted by Crippen LogP contribution is 2.33. The molecule has 0 unspecified atom stereocenters. The second-order valence-electron chi connectivity index (χ2n) is 6.54. The van der Waals surface area contributed by atoms with Gasteiger partial charge in [-0.05, 0) is 30.3 Å². The summed E-state index contributed by atoms with van der Waals surface area (Å²) < 4.78 is 51.0. The summed E-state index contributed by atoms with van der Waals surface area (Å²) in [4.78, 5) is 35.7. The summed E-state index contributed by atoms with van der Waals surface area (Å²) in [5.41, 5.74) is -1.81. The minimum absolute atomic E-state index is 0.0878. The van der Waals surface area contributed by atoms with E-state index in [9.17, 15) is 27.6 Å². The number of hydrogen-bond donors (Lipinski definition) is 2. The highest BCUT2D eigenvalue weighted by atomic mass is 19.4. The minimum Gasteiger partial charge on any atom is -0.480 e. The maximum atomic E-state index is 13.8. The standard InChI is InChI=1S/C20H17F3N6O5/c1-33-15-8-7-14(27-28-15)29-17(20(21,22)23)13(9-25-29)19(32)26-12-5-3-11(4-6-12)18(31)24-10-16(30)34-2/h3-9H,10H2,1-2H3,(H,24,31)(H,26,32). The number of carbonyl (C=O) groups is 3. The van der Waals surface area contributed by atoms with E-state index in [4.69, 9.17) is 4.74 Å². The Hall–Kier alpha value is -4.49. The number of nitrogens with one attached hydrogen (secondary N) is 2. The lowest BCUT2D eigenvalue weighted by Crippen LogP contribution is -2.30. The van der Waals surface area contributed by atoms with Crippen molar-refractivity contribution in [3.05, 3.63) is 59.4 Å². The normalized spacial score (nSPS) is 11.0. The van der Waals surface area contributed by atoms with Crippen molar-refractivity contribution < 1.29 is 37.0 Å². The fourth-order valence-corrected chi connectivity index (χ4v) is 2.73.